The minimum absolute atomic E-state index is 0.132. The van der Waals surface area contributed by atoms with Crippen molar-refractivity contribution in [3.8, 4) is 0 Å². The Morgan fingerprint density at radius 1 is 0.743 bits per heavy atom. The van der Waals surface area contributed by atoms with Gasteiger partial charge >= 0.3 is 5.97 Å². The molecule has 2 heterocycles. The molecule has 3 aromatic carbocycles. The standard InChI is InChI=1S/C29H30O6/c30-26-16-29(21-34-26)28(33-19-24-14-8-3-9-15-24)27(32-18-23-12-6-2-7-13-23)25(35-29)20-31-17-22-10-4-1-5-11-22/h1-15,25,27-28H,16-21H2/t25-,27-,28+,29+/m1/s1. The van der Waals surface area contributed by atoms with Crippen molar-refractivity contribution in [1.29, 1.82) is 0 Å². The fourth-order valence-electron chi connectivity index (χ4n) is 4.70. The SMILES string of the molecule is O=C1C[C@@]2(CO1)O[C@H](COCc1ccccc1)[C@@H](OCc1ccccc1)[C@@H]2OCc1ccccc1. The second-order valence-corrected chi connectivity index (χ2v) is 9.04. The maximum absolute atomic E-state index is 12.2. The monoisotopic (exact) mass is 474 g/mol. The van der Waals surface area contributed by atoms with Crippen molar-refractivity contribution in [2.75, 3.05) is 13.2 Å². The fraction of sp³-hybridized carbons (Fsp3) is 0.345. The number of benzene rings is 3. The van der Waals surface area contributed by atoms with Gasteiger partial charge in [-0.2, -0.15) is 0 Å². The third kappa shape index (κ3) is 5.80. The van der Waals surface area contributed by atoms with Gasteiger partial charge < -0.3 is 23.7 Å². The highest BCUT2D eigenvalue weighted by molar-refractivity contribution is 5.73. The van der Waals surface area contributed by atoms with Crippen LogP contribution in [0.25, 0.3) is 0 Å². The van der Waals surface area contributed by atoms with E-state index in [9.17, 15) is 4.79 Å². The Bertz CT molecular complexity index is 1070. The highest BCUT2D eigenvalue weighted by atomic mass is 16.7. The first-order chi connectivity index (χ1) is 17.2. The first kappa shape index (κ1) is 23.7. The van der Waals surface area contributed by atoms with E-state index in [1.165, 1.54) is 0 Å². The molecule has 0 N–H and O–H groups in total. The van der Waals surface area contributed by atoms with Crippen molar-refractivity contribution in [2.45, 2.75) is 50.2 Å². The smallest absolute Gasteiger partial charge is 0.309 e. The molecule has 4 atom stereocenters. The van der Waals surface area contributed by atoms with E-state index in [1.807, 2.05) is 91.0 Å². The summed E-state index contributed by atoms with van der Waals surface area (Å²) in [7, 11) is 0. The molecule has 1 spiro atoms. The van der Waals surface area contributed by atoms with Crippen molar-refractivity contribution < 1.29 is 28.5 Å². The quantitative estimate of drug-likeness (QED) is 0.405. The largest absolute Gasteiger partial charge is 0.462 e. The van der Waals surface area contributed by atoms with Crippen LogP contribution < -0.4 is 0 Å². The molecule has 3 aromatic rings. The molecule has 0 aliphatic carbocycles. The van der Waals surface area contributed by atoms with Crippen LogP contribution in [0.3, 0.4) is 0 Å². The van der Waals surface area contributed by atoms with Crippen LogP contribution in [0.15, 0.2) is 91.0 Å². The van der Waals surface area contributed by atoms with E-state index in [-0.39, 0.29) is 19.0 Å². The molecular weight excluding hydrogens is 444 g/mol. The summed E-state index contributed by atoms with van der Waals surface area (Å²) >= 11 is 0. The third-order valence-electron chi connectivity index (χ3n) is 6.44. The molecule has 2 saturated heterocycles. The first-order valence-corrected chi connectivity index (χ1v) is 12.0. The number of ether oxygens (including phenoxy) is 5. The highest BCUT2D eigenvalue weighted by Crippen LogP contribution is 2.42. The molecule has 2 fully saturated rings. The van der Waals surface area contributed by atoms with Gasteiger partial charge in [0.25, 0.3) is 0 Å². The summed E-state index contributed by atoms with van der Waals surface area (Å²) in [5.74, 6) is -0.286. The van der Waals surface area contributed by atoms with Crippen LogP contribution in [0.1, 0.15) is 23.1 Å². The van der Waals surface area contributed by atoms with Crippen LogP contribution in [-0.4, -0.2) is 43.1 Å². The zero-order chi connectivity index (χ0) is 23.9. The van der Waals surface area contributed by atoms with Crippen LogP contribution in [-0.2, 0) is 48.3 Å². The first-order valence-electron chi connectivity index (χ1n) is 12.0. The molecule has 0 saturated carbocycles. The van der Waals surface area contributed by atoms with E-state index in [0.717, 1.165) is 16.7 Å². The van der Waals surface area contributed by atoms with Gasteiger partial charge in [0.05, 0.1) is 32.8 Å². The van der Waals surface area contributed by atoms with E-state index in [1.54, 1.807) is 0 Å². The molecule has 6 nitrogen and oxygen atoms in total. The van der Waals surface area contributed by atoms with Gasteiger partial charge in [-0.15, -0.1) is 0 Å². The maximum atomic E-state index is 12.2. The summed E-state index contributed by atoms with van der Waals surface area (Å²) in [5.41, 5.74) is 2.28. The molecule has 182 valence electrons. The van der Waals surface area contributed by atoms with Gasteiger partial charge in [-0.1, -0.05) is 91.0 Å². The molecular formula is C29H30O6. The Morgan fingerprint density at radius 3 is 1.83 bits per heavy atom. The number of rotatable bonds is 10. The van der Waals surface area contributed by atoms with Crippen LogP contribution in [0.2, 0.25) is 0 Å². The Balaban J connectivity index is 1.34. The molecule has 0 radical (unpaired) electrons. The lowest BCUT2D eigenvalue weighted by atomic mass is 9.93. The van der Waals surface area contributed by atoms with E-state index in [2.05, 4.69) is 0 Å². The Labute approximate surface area is 205 Å². The third-order valence-corrected chi connectivity index (χ3v) is 6.44. The van der Waals surface area contributed by atoms with Crippen LogP contribution in [0.4, 0.5) is 0 Å². The van der Waals surface area contributed by atoms with Crippen molar-refractivity contribution in [3.63, 3.8) is 0 Å². The minimum atomic E-state index is -0.895. The zero-order valence-electron chi connectivity index (χ0n) is 19.6. The van der Waals surface area contributed by atoms with Crippen molar-refractivity contribution >= 4 is 5.97 Å². The highest BCUT2D eigenvalue weighted by Gasteiger charge is 2.60. The summed E-state index contributed by atoms with van der Waals surface area (Å²) in [5, 5.41) is 0. The van der Waals surface area contributed by atoms with E-state index in [4.69, 9.17) is 23.7 Å². The minimum Gasteiger partial charge on any atom is -0.462 e. The summed E-state index contributed by atoms with van der Waals surface area (Å²) in [6.07, 6.45) is -1.18. The Hall–Kier alpha value is -3.03. The maximum Gasteiger partial charge on any atom is 0.309 e. The predicted molar refractivity (Wildman–Crippen MR) is 129 cm³/mol. The number of esters is 1. The van der Waals surface area contributed by atoms with E-state index < -0.39 is 23.9 Å². The molecule has 0 bridgehead atoms. The number of hydrogen-bond donors (Lipinski definition) is 0. The van der Waals surface area contributed by atoms with E-state index in [0.29, 0.717) is 26.4 Å². The van der Waals surface area contributed by atoms with Gasteiger partial charge in [0, 0.05) is 0 Å². The lowest BCUT2D eigenvalue weighted by Gasteiger charge is -2.29. The molecule has 0 unspecified atom stereocenters. The summed E-state index contributed by atoms with van der Waals surface area (Å²) in [6.45, 7) is 1.71. The van der Waals surface area contributed by atoms with Crippen LogP contribution in [0, 0.1) is 0 Å². The topological polar surface area (TPSA) is 63.2 Å². The summed E-state index contributed by atoms with van der Waals surface area (Å²) in [4.78, 5) is 12.2. The van der Waals surface area contributed by atoms with Crippen LogP contribution in [0.5, 0.6) is 0 Å². The molecule has 0 amide bonds. The van der Waals surface area contributed by atoms with E-state index >= 15 is 0 Å². The molecule has 0 aromatic heterocycles. The number of cyclic esters (lactones) is 1. The molecule has 2 aliphatic rings. The Morgan fingerprint density at radius 2 is 1.29 bits per heavy atom. The Kier molecular flexibility index (Phi) is 7.54. The molecule has 35 heavy (non-hydrogen) atoms. The van der Waals surface area contributed by atoms with Crippen molar-refractivity contribution in [3.05, 3.63) is 108 Å². The van der Waals surface area contributed by atoms with Gasteiger partial charge in [0.1, 0.15) is 30.5 Å². The molecule has 2 aliphatic heterocycles. The fourth-order valence-corrected chi connectivity index (χ4v) is 4.70. The van der Waals surface area contributed by atoms with Gasteiger partial charge in [-0.25, -0.2) is 0 Å². The van der Waals surface area contributed by atoms with Gasteiger partial charge in [0.2, 0.25) is 0 Å². The predicted octanol–water partition coefficient (Wildman–Crippen LogP) is 4.46. The second-order valence-electron chi connectivity index (χ2n) is 9.04. The lowest BCUT2D eigenvalue weighted by molar-refractivity contribution is -0.138. The summed E-state index contributed by atoms with van der Waals surface area (Å²) in [6, 6.07) is 29.9. The normalized spacial score (nSPS) is 25.7. The number of hydrogen-bond acceptors (Lipinski definition) is 6. The molecule has 6 heteroatoms. The van der Waals surface area contributed by atoms with Gasteiger partial charge in [0.15, 0.2) is 0 Å². The van der Waals surface area contributed by atoms with Gasteiger partial charge in [-0.3, -0.25) is 4.79 Å². The lowest BCUT2D eigenvalue weighted by Crippen LogP contribution is -2.46. The average Bonchev–Trinajstić information content (AvgIpc) is 3.41. The van der Waals surface area contributed by atoms with Crippen LogP contribution >= 0.6 is 0 Å². The van der Waals surface area contributed by atoms with Crippen molar-refractivity contribution in [1.82, 2.24) is 0 Å². The summed E-state index contributed by atoms with van der Waals surface area (Å²) < 4.78 is 30.8. The van der Waals surface area contributed by atoms with Crippen molar-refractivity contribution in [2.24, 2.45) is 0 Å². The van der Waals surface area contributed by atoms with Gasteiger partial charge in [-0.05, 0) is 16.7 Å². The average molecular weight is 475 g/mol. The number of carbonyl (C=O) groups excluding carboxylic acids is 1. The second kappa shape index (κ2) is 11.1. The number of carbonyl (C=O) groups is 1. The zero-order valence-corrected chi connectivity index (χ0v) is 19.6. The molecule has 5 rings (SSSR count).